The van der Waals surface area contributed by atoms with E-state index in [-0.39, 0.29) is 10.6 Å². The quantitative estimate of drug-likeness (QED) is 0.525. The van der Waals surface area contributed by atoms with Gasteiger partial charge < -0.3 is 5.84 Å². The van der Waals surface area contributed by atoms with Gasteiger partial charge in [0.25, 0.3) is 0 Å². The number of sulfone groups is 1. The highest BCUT2D eigenvalue weighted by Crippen LogP contribution is 2.12. The minimum Gasteiger partial charge on any atom is -0.323 e. The maximum absolute atomic E-state index is 12.2. The normalized spacial score (nSPS) is 12.3. The Morgan fingerprint density at radius 1 is 0.947 bits per heavy atom. The van der Waals surface area contributed by atoms with Crippen LogP contribution >= 0.6 is 0 Å². The Balaban J connectivity index is 2.30. The molecule has 0 aliphatic carbocycles. The zero-order valence-electron chi connectivity index (χ0n) is 10.2. The van der Waals surface area contributed by atoms with E-state index in [0.717, 1.165) is 0 Å². The van der Waals surface area contributed by atoms with Gasteiger partial charge in [0.2, 0.25) is 0 Å². The van der Waals surface area contributed by atoms with Crippen LogP contribution < -0.4 is 5.84 Å². The molecule has 0 unspecified atom stereocenters. The van der Waals surface area contributed by atoms with E-state index in [4.69, 9.17) is 5.84 Å². The van der Waals surface area contributed by atoms with E-state index in [1.165, 1.54) is 0 Å². The van der Waals surface area contributed by atoms with Crippen LogP contribution in [-0.2, 0) is 9.84 Å². The summed E-state index contributed by atoms with van der Waals surface area (Å²) in [5.41, 5.74) is 1.06. The van der Waals surface area contributed by atoms with Gasteiger partial charge in [-0.25, -0.2) is 8.42 Å². The molecule has 5 heteroatoms. The lowest BCUT2D eigenvalue weighted by atomic mass is 10.1. The van der Waals surface area contributed by atoms with Crippen LogP contribution in [0.15, 0.2) is 70.7 Å². The van der Waals surface area contributed by atoms with Gasteiger partial charge in [-0.05, 0) is 17.7 Å². The van der Waals surface area contributed by atoms with Crippen molar-refractivity contribution in [2.24, 2.45) is 10.9 Å². The van der Waals surface area contributed by atoms with Gasteiger partial charge in [-0.2, -0.15) is 5.10 Å². The first-order valence-electron chi connectivity index (χ1n) is 5.73. The first-order chi connectivity index (χ1) is 9.13. The molecule has 0 amide bonds. The molecule has 2 aromatic rings. The van der Waals surface area contributed by atoms with Gasteiger partial charge in [-0.3, -0.25) is 0 Å². The highest BCUT2D eigenvalue weighted by atomic mass is 32.2. The Hall–Kier alpha value is -2.14. The van der Waals surface area contributed by atoms with Crippen LogP contribution in [0.4, 0.5) is 0 Å². The summed E-state index contributed by atoms with van der Waals surface area (Å²) in [6, 6.07) is 17.3. The fourth-order valence-electron chi connectivity index (χ4n) is 1.72. The van der Waals surface area contributed by atoms with Gasteiger partial charge >= 0.3 is 0 Å². The molecule has 0 saturated carbocycles. The molecule has 0 aromatic heterocycles. The zero-order valence-corrected chi connectivity index (χ0v) is 11.0. The molecule has 0 saturated heterocycles. The first kappa shape index (κ1) is 13.3. The third kappa shape index (κ3) is 3.20. The first-order valence-corrected chi connectivity index (χ1v) is 7.39. The third-order valence-corrected chi connectivity index (χ3v) is 4.34. The molecule has 0 atom stereocenters. The molecule has 0 spiro atoms. The fourth-order valence-corrected chi connectivity index (χ4v) is 3.06. The van der Waals surface area contributed by atoms with Crippen molar-refractivity contribution in [3.05, 3.63) is 66.2 Å². The summed E-state index contributed by atoms with van der Waals surface area (Å²) in [5.74, 6) is 5.10. The minimum atomic E-state index is -3.43. The number of nitrogens with two attached hydrogens (primary N) is 1. The van der Waals surface area contributed by atoms with Gasteiger partial charge in [0, 0.05) is 0 Å². The van der Waals surface area contributed by atoms with Crippen molar-refractivity contribution < 1.29 is 8.42 Å². The van der Waals surface area contributed by atoms with Crippen molar-refractivity contribution in [1.29, 1.82) is 0 Å². The topological polar surface area (TPSA) is 72.5 Å². The molecule has 0 heterocycles. The van der Waals surface area contributed by atoms with Gasteiger partial charge in [0.15, 0.2) is 9.84 Å². The van der Waals surface area contributed by atoms with Crippen molar-refractivity contribution in [3.63, 3.8) is 0 Å². The number of nitrogens with zero attached hydrogens (tertiary/aromatic N) is 1. The standard InChI is InChI=1S/C14H14N2O2S/c15-16-14(12-7-3-1-4-8-12)11-19(17,18)13-9-5-2-6-10-13/h1-10H,11,15H2. The van der Waals surface area contributed by atoms with E-state index in [9.17, 15) is 8.42 Å². The van der Waals surface area contributed by atoms with Crippen LogP contribution in [0, 0.1) is 0 Å². The predicted octanol–water partition coefficient (Wildman–Crippen LogP) is 1.82. The smallest absolute Gasteiger partial charge is 0.184 e. The average Bonchev–Trinajstić information content (AvgIpc) is 2.47. The molecule has 19 heavy (non-hydrogen) atoms. The van der Waals surface area contributed by atoms with Crippen LogP contribution in [0.5, 0.6) is 0 Å². The molecular formula is C14H14N2O2S. The summed E-state index contributed by atoms with van der Waals surface area (Å²) in [7, 11) is -3.43. The molecule has 2 N–H and O–H groups in total. The van der Waals surface area contributed by atoms with Gasteiger partial charge in [0.05, 0.1) is 16.4 Å². The summed E-state index contributed by atoms with van der Waals surface area (Å²) in [5, 5.41) is 3.61. The zero-order chi connectivity index (χ0) is 13.7. The number of hydrogen-bond donors (Lipinski definition) is 1. The molecule has 0 radical (unpaired) electrons. The summed E-state index contributed by atoms with van der Waals surface area (Å²) in [6.07, 6.45) is 0. The fraction of sp³-hybridized carbons (Fsp3) is 0.0714. The molecule has 2 aromatic carbocycles. The Morgan fingerprint density at radius 2 is 1.47 bits per heavy atom. The van der Waals surface area contributed by atoms with E-state index >= 15 is 0 Å². The predicted molar refractivity (Wildman–Crippen MR) is 75.7 cm³/mol. The average molecular weight is 274 g/mol. The van der Waals surface area contributed by atoms with Gasteiger partial charge in [-0.15, -0.1) is 0 Å². The highest BCUT2D eigenvalue weighted by molar-refractivity contribution is 7.92. The van der Waals surface area contributed by atoms with Crippen LogP contribution in [0.25, 0.3) is 0 Å². The molecule has 98 valence electrons. The molecule has 0 aliphatic rings. The summed E-state index contributed by atoms with van der Waals surface area (Å²) in [6.45, 7) is 0. The SMILES string of the molecule is NN=C(CS(=O)(=O)c1ccccc1)c1ccccc1. The lowest BCUT2D eigenvalue weighted by molar-refractivity contribution is 0.600. The Morgan fingerprint density at radius 3 is 2.00 bits per heavy atom. The van der Waals surface area contributed by atoms with Gasteiger partial charge in [0.1, 0.15) is 0 Å². The summed E-state index contributed by atoms with van der Waals surface area (Å²) >= 11 is 0. The maximum atomic E-state index is 12.2. The van der Waals surface area contributed by atoms with E-state index < -0.39 is 9.84 Å². The van der Waals surface area contributed by atoms with Gasteiger partial charge in [-0.1, -0.05) is 48.5 Å². The molecule has 4 nitrogen and oxygen atoms in total. The molecule has 2 rings (SSSR count). The lowest BCUT2D eigenvalue weighted by Crippen LogP contribution is -2.18. The van der Waals surface area contributed by atoms with E-state index in [1.807, 2.05) is 18.2 Å². The molecular weight excluding hydrogens is 260 g/mol. The number of benzene rings is 2. The molecule has 0 aliphatic heterocycles. The Kier molecular flexibility index (Phi) is 3.97. The molecule has 0 fully saturated rings. The van der Waals surface area contributed by atoms with Crippen LogP contribution in [-0.4, -0.2) is 19.9 Å². The second-order valence-corrected chi connectivity index (χ2v) is 6.00. The highest BCUT2D eigenvalue weighted by Gasteiger charge is 2.18. The van der Waals surface area contributed by atoms with E-state index in [1.54, 1.807) is 42.5 Å². The second kappa shape index (κ2) is 5.67. The van der Waals surface area contributed by atoms with Crippen molar-refractivity contribution in [3.8, 4) is 0 Å². The van der Waals surface area contributed by atoms with Crippen LogP contribution in [0.1, 0.15) is 5.56 Å². The maximum Gasteiger partial charge on any atom is 0.184 e. The second-order valence-electron chi connectivity index (χ2n) is 4.01. The Bertz CT molecular complexity index is 665. The van der Waals surface area contributed by atoms with Crippen molar-refractivity contribution in [2.45, 2.75) is 4.90 Å². The van der Waals surface area contributed by atoms with Crippen molar-refractivity contribution >= 4 is 15.5 Å². The number of hydrogen-bond acceptors (Lipinski definition) is 4. The summed E-state index contributed by atoms with van der Waals surface area (Å²) in [4.78, 5) is 0.270. The number of rotatable bonds is 4. The minimum absolute atomic E-state index is 0.211. The summed E-state index contributed by atoms with van der Waals surface area (Å²) < 4.78 is 24.5. The van der Waals surface area contributed by atoms with E-state index in [0.29, 0.717) is 11.3 Å². The third-order valence-electron chi connectivity index (χ3n) is 2.69. The van der Waals surface area contributed by atoms with Crippen molar-refractivity contribution in [2.75, 3.05) is 5.75 Å². The van der Waals surface area contributed by atoms with Crippen LogP contribution in [0.3, 0.4) is 0 Å². The monoisotopic (exact) mass is 274 g/mol. The molecule has 0 bridgehead atoms. The van der Waals surface area contributed by atoms with Crippen LogP contribution in [0.2, 0.25) is 0 Å². The largest absolute Gasteiger partial charge is 0.323 e. The van der Waals surface area contributed by atoms with Crippen molar-refractivity contribution in [1.82, 2.24) is 0 Å². The number of hydrazone groups is 1. The Labute approximate surface area is 112 Å². The lowest BCUT2D eigenvalue weighted by Gasteiger charge is -2.07. The van der Waals surface area contributed by atoms with E-state index in [2.05, 4.69) is 5.10 Å².